The van der Waals surface area contributed by atoms with Crippen LogP contribution in [0.5, 0.6) is 5.75 Å². The van der Waals surface area contributed by atoms with E-state index in [9.17, 15) is 10.2 Å². The summed E-state index contributed by atoms with van der Waals surface area (Å²) in [4.78, 5) is 7.33. The first-order valence-electron chi connectivity index (χ1n) is 10.1. The molecule has 1 aliphatic heterocycles. The zero-order valence-corrected chi connectivity index (χ0v) is 18.5. The van der Waals surface area contributed by atoms with Gasteiger partial charge in [-0.25, -0.2) is 0 Å². The largest absolute Gasteiger partial charge is 0.508 e. The molecular formula is C24H26Cl2N2O2. The van der Waals surface area contributed by atoms with Crippen LogP contribution in [-0.2, 0) is 24.7 Å². The molecular weight excluding hydrogens is 419 g/mol. The number of fused-ring (bicyclic) bond motifs is 3. The van der Waals surface area contributed by atoms with Crippen molar-refractivity contribution in [3.63, 3.8) is 0 Å². The van der Waals surface area contributed by atoms with Gasteiger partial charge in [0.25, 0.3) is 0 Å². The van der Waals surface area contributed by atoms with Crippen LogP contribution in [0.1, 0.15) is 28.8 Å². The van der Waals surface area contributed by atoms with Crippen molar-refractivity contribution in [2.75, 3.05) is 13.6 Å². The van der Waals surface area contributed by atoms with Gasteiger partial charge in [-0.05, 0) is 67.4 Å². The molecule has 6 rings (SSSR count). The Bertz CT molecular complexity index is 1140. The van der Waals surface area contributed by atoms with Crippen molar-refractivity contribution in [2.45, 2.75) is 42.7 Å². The monoisotopic (exact) mass is 444 g/mol. The fourth-order valence-electron chi connectivity index (χ4n) is 6.22. The summed E-state index contributed by atoms with van der Waals surface area (Å²) in [5.41, 5.74) is 4.42. The normalized spacial score (nSPS) is 29.1. The number of aromatic hydroxyl groups is 1. The van der Waals surface area contributed by atoms with E-state index in [1.165, 1.54) is 11.1 Å². The molecule has 2 aromatic carbocycles. The first kappa shape index (κ1) is 21.4. The van der Waals surface area contributed by atoms with Gasteiger partial charge in [0.2, 0.25) is 0 Å². The molecule has 0 saturated carbocycles. The summed E-state index contributed by atoms with van der Waals surface area (Å²) in [7, 11) is 2.13. The molecule has 3 atom stereocenters. The molecule has 0 unspecified atom stereocenters. The van der Waals surface area contributed by atoms with Gasteiger partial charge in [-0.2, -0.15) is 0 Å². The number of phenols is 1. The number of hydrogen-bond donors (Lipinski definition) is 2. The van der Waals surface area contributed by atoms with Crippen molar-refractivity contribution in [1.29, 1.82) is 0 Å². The number of hydrogen-bond acceptors (Lipinski definition) is 4. The molecule has 158 valence electrons. The molecule has 1 saturated heterocycles. The van der Waals surface area contributed by atoms with Crippen LogP contribution in [0.25, 0.3) is 10.9 Å². The predicted octanol–water partition coefficient (Wildman–Crippen LogP) is 3.81. The fraction of sp³-hybridized carbons (Fsp3) is 0.375. The molecule has 2 N–H and O–H groups in total. The van der Waals surface area contributed by atoms with Crippen molar-refractivity contribution in [3.8, 4) is 5.75 Å². The van der Waals surface area contributed by atoms with Gasteiger partial charge in [0.1, 0.15) is 5.75 Å². The summed E-state index contributed by atoms with van der Waals surface area (Å²) in [6.07, 6.45) is 3.04. The second-order valence-corrected chi connectivity index (χ2v) is 8.94. The third kappa shape index (κ3) is 2.64. The van der Waals surface area contributed by atoms with E-state index in [0.717, 1.165) is 48.0 Å². The Morgan fingerprint density at radius 3 is 2.67 bits per heavy atom. The SMILES string of the molecule is CN1CC[C@]23Cc4nc5ccccc5cc4C[C@@]2(O)[C@H]1Cc1ccc(O)cc13.Cl.Cl. The maximum absolute atomic E-state index is 12.2. The summed E-state index contributed by atoms with van der Waals surface area (Å²) in [5.74, 6) is 0.283. The Hall–Kier alpha value is -1.85. The number of benzene rings is 2. The molecule has 1 aromatic heterocycles. The second kappa shape index (κ2) is 7.10. The predicted molar refractivity (Wildman–Crippen MR) is 123 cm³/mol. The third-order valence-electron chi connectivity index (χ3n) is 7.65. The van der Waals surface area contributed by atoms with Gasteiger partial charge in [-0.15, -0.1) is 24.8 Å². The average Bonchev–Trinajstić information content (AvgIpc) is 2.68. The van der Waals surface area contributed by atoms with Crippen molar-refractivity contribution in [1.82, 2.24) is 9.88 Å². The highest BCUT2D eigenvalue weighted by Crippen LogP contribution is 2.56. The first-order valence-corrected chi connectivity index (χ1v) is 10.1. The number of rotatable bonds is 0. The molecule has 2 aliphatic carbocycles. The van der Waals surface area contributed by atoms with Gasteiger partial charge in [-0.1, -0.05) is 24.3 Å². The molecule has 2 heterocycles. The van der Waals surface area contributed by atoms with Crippen LogP contribution >= 0.6 is 24.8 Å². The van der Waals surface area contributed by atoms with Gasteiger partial charge in [0.05, 0.1) is 11.1 Å². The molecule has 2 bridgehead atoms. The minimum atomic E-state index is -0.849. The first-order chi connectivity index (χ1) is 13.5. The Kier molecular flexibility index (Phi) is 5.06. The zero-order valence-electron chi connectivity index (χ0n) is 16.8. The highest BCUT2D eigenvalue weighted by atomic mass is 35.5. The van der Waals surface area contributed by atoms with E-state index in [2.05, 4.69) is 30.1 Å². The number of likely N-dealkylation sites (N-methyl/N-ethyl adjacent to an activating group) is 1. The van der Waals surface area contributed by atoms with E-state index in [0.29, 0.717) is 6.42 Å². The van der Waals surface area contributed by atoms with Crippen molar-refractivity contribution >= 4 is 35.7 Å². The minimum Gasteiger partial charge on any atom is -0.508 e. The van der Waals surface area contributed by atoms with Crippen LogP contribution in [0.4, 0.5) is 0 Å². The zero-order chi connectivity index (χ0) is 19.1. The molecule has 4 nitrogen and oxygen atoms in total. The summed E-state index contributed by atoms with van der Waals surface area (Å²) < 4.78 is 0. The number of halogens is 2. The van der Waals surface area contributed by atoms with E-state index in [4.69, 9.17) is 4.98 Å². The number of aromatic nitrogens is 1. The number of piperidine rings is 1. The van der Waals surface area contributed by atoms with E-state index >= 15 is 0 Å². The van der Waals surface area contributed by atoms with Gasteiger partial charge in [0, 0.05) is 35.4 Å². The van der Waals surface area contributed by atoms with Crippen LogP contribution in [0.2, 0.25) is 0 Å². The lowest BCUT2D eigenvalue weighted by Gasteiger charge is -2.63. The smallest absolute Gasteiger partial charge is 0.115 e. The van der Waals surface area contributed by atoms with Crippen LogP contribution < -0.4 is 0 Å². The number of phenolic OH excluding ortho intramolecular Hbond substituents is 1. The number of aliphatic hydroxyl groups is 1. The Balaban J connectivity index is 0.00000109. The van der Waals surface area contributed by atoms with Crippen LogP contribution in [0, 0.1) is 0 Å². The van der Waals surface area contributed by atoms with Crippen molar-refractivity contribution < 1.29 is 10.2 Å². The second-order valence-electron chi connectivity index (χ2n) is 8.94. The maximum atomic E-state index is 12.2. The summed E-state index contributed by atoms with van der Waals surface area (Å²) in [5, 5.41) is 23.6. The van der Waals surface area contributed by atoms with E-state index in [1.807, 2.05) is 24.3 Å². The van der Waals surface area contributed by atoms with Crippen LogP contribution in [-0.4, -0.2) is 45.3 Å². The van der Waals surface area contributed by atoms with E-state index < -0.39 is 5.60 Å². The van der Waals surface area contributed by atoms with Gasteiger partial charge >= 0.3 is 0 Å². The lowest BCUT2D eigenvalue weighted by atomic mass is 9.49. The van der Waals surface area contributed by atoms with Gasteiger partial charge in [-0.3, -0.25) is 4.98 Å². The fourth-order valence-corrected chi connectivity index (χ4v) is 6.22. The molecule has 30 heavy (non-hydrogen) atoms. The van der Waals surface area contributed by atoms with Crippen molar-refractivity contribution in [3.05, 3.63) is 70.9 Å². The Labute approximate surface area is 188 Å². The van der Waals surface area contributed by atoms with Crippen molar-refractivity contribution in [2.24, 2.45) is 0 Å². The third-order valence-corrected chi connectivity index (χ3v) is 7.65. The molecule has 6 heteroatoms. The number of nitrogens with zero attached hydrogens (tertiary/aromatic N) is 2. The Morgan fingerprint density at radius 2 is 1.83 bits per heavy atom. The Morgan fingerprint density at radius 1 is 1.03 bits per heavy atom. The summed E-state index contributed by atoms with van der Waals surface area (Å²) in [6, 6.07) is 16.2. The highest BCUT2D eigenvalue weighted by molar-refractivity contribution is 5.85. The lowest BCUT2D eigenvalue weighted by molar-refractivity contribution is -0.145. The quantitative estimate of drug-likeness (QED) is 0.553. The number of para-hydroxylation sites is 1. The van der Waals surface area contributed by atoms with E-state index in [-0.39, 0.29) is 42.0 Å². The average molecular weight is 445 g/mol. The number of pyridine rings is 1. The lowest BCUT2D eigenvalue weighted by Crippen LogP contribution is -2.73. The van der Waals surface area contributed by atoms with Gasteiger partial charge < -0.3 is 15.1 Å². The minimum absolute atomic E-state index is 0. The molecule has 0 spiro atoms. The standard InChI is InChI=1S/C24H24N2O2.2ClH/c1-26-9-8-23-14-21-17(10-16-4-2-3-5-20(16)25-21)13-24(23,28)22(26)11-15-6-7-18(27)12-19(15)23;;/h2-7,10,12,22,27-28H,8-9,11,13-14H2,1H3;2*1H/t22-,23-,24-;;/m1../s1. The van der Waals surface area contributed by atoms with E-state index in [1.54, 1.807) is 6.07 Å². The van der Waals surface area contributed by atoms with Crippen LogP contribution in [0.3, 0.4) is 0 Å². The molecule has 0 radical (unpaired) electrons. The van der Waals surface area contributed by atoms with Crippen LogP contribution in [0.15, 0.2) is 48.5 Å². The molecule has 3 aliphatic rings. The van der Waals surface area contributed by atoms with Gasteiger partial charge in [0.15, 0.2) is 0 Å². The highest BCUT2D eigenvalue weighted by Gasteiger charge is 2.64. The molecule has 1 fully saturated rings. The summed E-state index contributed by atoms with van der Waals surface area (Å²) >= 11 is 0. The summed E-state index contributed by atoms with van der Waals surface area (Å²) in [6.45, 7) is 0.949. The topological polar surface area (TPSA) is 56.6 Å². The maximum Gasteiger partial charge on any atom is 0.115 e. The molecule has 0 amide bonds. The number of likely N-dealkylation sites (tertiary alicyclic amines) is 1. The molecule has 3 aromatic rings.